The van der Waals surface area contributed by atoms with Gasteiger partial charge >= 0.3 is 0 Å². The van der Waals surface area contributed by atoms with Crippen LogP contribution in [-0.2, 0) is 0 Å². The number of ketones is 2. The van der Waals surface area contributed by atoms with E-state index in [2.05, 4.69) is 4.98 Å². The SMILES string of the molecule is O=C1c2cccnc2C(=O)c2oc(-c3ccco3)cc21. The molecule has 0 radical (unpaired) electrons. The number of fused-ring (bicyclic) bond motifs is 2. The molecule has 0 aromatic carbocycles. The Morgan fingerprint density at radius 2 is 1.85 bits per heavy atom. The highest BCUT2D eigenvalue weighted by Gasteiger charge is 2.35. The monoisotopic (exact) mass is 265 g/mol. The number of pyridine rings is 1. The number of carbonyl (C=O) groups excluding carboxylic acids is 2. The molecule has 3 aromatic heterocycles. The first-order valence-electron chi connectivity index (χ1n) is 5.98. The summed E-state index contributed by atoms with van der Waals surface area (Å²) in [7, 11) is 0. The molecule has 0 aliphatic heterocycles. The van der Waals surface area contributed by atoms with Gasteiger partial charge in [0.05, 0.1) is 17.4 Å². The van der Waals surface area contributed by atoms with Crippen molar-refractivity contribution in [2.75, 3.05) is 0 Å². The van der Waals surface area contributed by atoms with Gasteiger partial charge in [-0.3, -0.25) is 14.6 Å². The highest BCUT2D eigenvalue weighted by molar-refractivity contribution is 6.26. The molecular weight excluding hydrogens is 258 g/mol. The molecule has 0 saturated heterocycles. The summed E-state index contributed by atoms with van der Waals surface area (Å²) in [5.41, 5.74) is 0.684. The lowest BCUT2D eigenvalue weighted by molar-refractivity contribution is 0.0956. The minimum absolute atomic E-state index is 0.0209. The third kappa shape index (κ3) is 1.34. The Morgan fingerprint density at radius 3 is 2.65 bits per heavy atom. The van der Waals surface area contributed by atoms with Gasteiger partial charge in [0.25, 0.3) is 0 Å². The van der Waals surface area contributed by atoms with E-state index in [0.717, 1.165) is 0 Å². The third-order valence-electron chi connectivity index (χ3n) is 3.21. The van der Waals surface area contributed by atoms with E-state index in [-0.39, 0.29) is 28.6 Å². The second kappa shape index (κ2) is 3.77. The van der Waals surface area contributed by atoms with Crippen LogP contribution in [0.4, 0.5) is 0 Å². The third-order valence-corrected chi connectivity index (χ3v) is 3.21. The molecule has 0 N–H and O–H groups in total. The zero-order valence-corrected chi connectivity index (χ0v) is 10.1. The molecule has 0 amide bonds. The smallest absolute Gasteiger partial charge is 0.248 e. The number of hydrogen-bond acceptors (Lipinski definition) is 5. The molecule has 96 valence electrons. The van der Waals surface area contributed by atoms with Gasteiger partial charge in [-0.15, -0.1) is 0 Å². The summed E-state index contributed by atoms with van der Waals surface area (Å²) >= 11 is 0. The van der Waals surface area contributed by atoms with Gasteiger partial charge < -0.3 is 8.83 Å². The van der Waals surface area contributed by atoms with Crippen molar-refractivity contribution in [3.05, 3.63) is 65.4 Å². The van der Waals surface area contributed by atoms with Gasteiger partial charge in [-0.1, -0.05) is 0 Å². The molecule has 5 nitrogen and oxygen atoms in total. The Labute approximate surface area is 112 Å². The number of aromatic nitrogens is 1. The Morgan fingerprint density at radius 1 is 0.950 bits per heavy atom. The number of furan rings is 2. The molecule has 0 unspecified atom stereocenters. The summed E-state index contributed by atoms with van der Waals surface area (Å²) in [6, 6.07) is 8.15. The molecule has 0 saturated carbocycles. The minimum atomic E-state index is -0.381. The molecule has 0 bridgehead atoms. The number of hydrogen-bond donors (Lipinski definition) is 0. The lowest BCUT2D eigenvalue weighted by Crippen LogP contribution is -2.20. The summed E-state index contributed by atoms with van der Waals surface area (Å²) in [5.74, 6) is 0.205. The molecule has 1 aliphatic carbocycles. The van der Waals surface area contributed by atoms with Crippen LogP contribution in [0.3, 0.4) is 0 Å². The maximum Gasteiger partial charge on any atom is 0.248 e. The van der Waals surface area contributed by atoms with Gasteiger partial charge in [0, 0.05) is 6.20 Å². The van der Waals surface area contributed by atoms with Crippen LogP contribution in [0.15, 0.2) is 51.6 Å². The largest absolute Gasteiger partial charge is 0.461 e. The molecule has 1 aliphatic rings. The Balaban J connectivity index is 1.94. The van der Waals surface area contributed by atoms with Crippen molar-refractivity contribution in [3.8, 4) is 11.5 Å². The van der Waals surface area contributed by atoms with E-state index in [1.165, 1.54) is 18.5 Å². The van der Waals surface area contributed by atoms with Gasteiger partial charge in [0.15, 0.2) is 23.1 Å². The number of rotatable bonds is 1. The van der Waals surface area contributed by atoms with Crippen LogP contribution in [0.5, 0.6) is 0 Å². The first-order chi connectivity index (χ1) is 9.75. The van der Waals surface area contributed by atoms with Crippen molar-refractivity contribution >= 4 is 11.6 Å². The summed E-state index contributed by atoms with van der Waals surface area (Å²) in [6.45, 7) is 0. The van der Waals surface area contributed by atoms with Gasteiger partial charge in [0.1, 0.15) is 5.69 Å². The fourth-order valence-electron chi connectivity index (χ4n) is 2.29. The van der Waals surface area contributed by atoms with Gasteiger partial charge in [-0.2, -0.15) is 0 Å². The maximum absolute atomic E-state index is 12.4. The van der Waals surface area contributed by atoms with Crippen LogP contribution in [0.25, 0.3) is 11.5 Å². The number of nitrogens with zero attached hydrogens (tertiary/aromatic N) is 1. The Bertz CT molecular complexity index is 790. The van der Waals surface area contributed by atoms with Crippen molar-refractivity contribution < 1.29 is 18.4 Å². The predicted molar refractivity (Wildman–Crippen MR) is 67.5 cm³/mol. The molecule has 3 aromatic rings. The molecule has 5 heteroatoms. The summed E-state index contributed by atoms with van der Waals surface area (Å²) < 4.78 is 10.7. The quantitative estimate of drug-likeness (QED) is 0.529. The fraction of sp³-hybridized carbons (Fsp3) is 0. The van der Waals surface area contributed by atoms with Crippen LogP contribution in [-0.4, -0.2) is 16.6 Å². The topological polar surface area (TPSA) is 73.3 Å². The van der Waals surface area contributed by atoms with E-state index in [0.29, 0.717) is 17.1 Å². The molecular formula is C15H7NO4. The summed E-state index contributed by atoms with van der Waals surface area (Å²) in [4.78, 5) is 28.6. The van der Waals surface area contributed by atoms with E-state index in [9.17, 15) is 9.59 Å². The highest BCUT2D eigenvalue weighted by Crippen LogP contribution is 2.32. The van der Waals surface area contributed by atoms with Crippen molar-refractivity contribution in [1.29, 1.82) is 0 Å². The Kier molecular flexibility index (Phi) is 2.06. The maximum atomic E-state index is 12.4. The number of carbonyl (C=O) groups is 2. The van der Waals surface area contributed by atoms with E-state index < -0.39 is 0 Å². The van der Waals surface area contributed by atoms with Crippen LogP contribution in [0, 0.1) is 0 Å². The average Bonchev–Trinajstić information content (AvgIpc) is 3.13. The lowest BCUT2D eigenvalue weighted by atomic mass is 9.92. The normalized spacial score (nSPS) is 13.2. The standard InChI is InChI=1S/C15H7NO4/c17-13-8-3-1-5-16-12(8)14(18)15-9(13)7-11(20-15)10-4-2-6-19-10/h1-7H. The molecule has 0 fully saturated rings. The van der Waals surface area contributed by atoms with Crippen molar-refractivity contribution in [1.82, 2.24) is 4.98 Å². The fourth-order valence-corrected chi connectivity index (χ4v) is 2.29. The highest BCUT2D eigenvalue weighted by atomic mass is 16.4. The summed E-state index contributed by atoms with van der Waals surface area (Å²) in [6.07, 6.45) is 2.97. The molecule has 3 heterocycles. The first kappa shape index (κ1) is 10.9. The van der Waals surface area contributed by atoms with E-state index >= 15 is 0 Å². The average molecular weight is 265 g/mol. The van der Waals surface area contributed by atoms with Gasteiger partial charge in [0.2, 0.25) is 5.78 Å². The van der Waals surface area contributed by atoms with E-state index in [1.807, 2.05) is 0 Å². The van der Waals surface area contributed by atoms with Crippen LogP contribution >= 0.6 is 0 Å². The molecule has 0 atom stereocenters. The Hall–Kier alpha value is -2.95. The summed E-state index contributed by atoms with van der Waals surface area (Å²) in [5, 5.41) is 0. The van der Waals surface area contributed by atoms with E-state index in [4.69, 9.17) is 8.83 Å². The molecule has 0 spiro atoms. The van der Waals surface area contributed by atoms with Crippen molar-refractivity contribution in [3.63, 3.8) is 0 Å². The molecule has 4 rings (SSSR count). The van der Waals surface area contributed by atoms with Gasteiger partial charge in [-0.05, 0) is 30.3 Å². The van der Waals surface area contributed by atoms with Gasteiger partial charge in [-0.25, -0.2) is 0 Å². The van der Waals surface area contributed by atoms with Crippen LogP contribution in [0.1, 0.15) is 32.2 Å². The van der Waals surface area contributed by atoms with Crippen LogP contribution in [0.2, 0.25) is 0 Å². The minimum Gasteiger partial charge on any atom is -0.461 e. The second-order valence-corrected chi connectivity index (χ2v) is 4.39. The first-order valence-corrected chi connectivity index (χ1v) is 5.98. The second-order valence-electron chi connectivity index (χ2n) is 4.39. The van der Waals surface area contributed by atoms with E-state index in [1.54, 1.807) is 24.3 Å². The zero-order valence-electron chi connectivity index (χ0n) is 10.1. The lowest BCUT2D eigenvalue weighted by Gasteiger charge is -2.10. The van der Waals surface area contributed by atoms with Crippen molar-refractivity contribution in [2.45, 2.75) is 0 Å². The van der Waals surface area contributed by atoms with Crippen molar-refractivity contribution in [2.24, 2.45) is 0 Å². The zero-order chi connectivity index (χ0) is 13.7. The predicted octanol–water partition coefficient (Wildman–Crippen LogP) is 2.71. The van der Waals surface area contributed by atoms with Crippen LogP contribution < -0.4 is 0 Å². The molecule has 20 heavy (non-hydrogen) atoms.